The van der Waals surface area contributed by atoms with Crippen molar-refractivity contribution in [1.82, 2.24) is 9.88 Å². The lowest BCUT2D eigenvalue weighted by Crippen LogP contribution is -2.50. The van der Waals surface area contributed by atoms with Crippen LogP contribution in [0, 0.1) is 20.8 Å². The van der Waals surface area contributed by atoms with Crippen molar-refractivity contribution in [3.63, 3.8) is 0 Å². The average molecular weight is 380 g/mol. The summed E-state index contributed by atoms with van der Waals surface area (Å²) in [7, 11) is -3.64. The fourth-order valence-corrected chi connectivity index (χ4v) is 4.33. The predicted octanol–water partition coefficient (Wildman–Crippen LogP) is 2.25. The van der Waals surface area contributed by atoms with Crippen molar-refractivity contribution in [2.24, 2.45) is 0 Å². The molecular formula is C18H24N2O5S. The molecule has 7 nitrogen and oxygen atoms in total. The molecule has 0 unspecified atom stereocenters. The Morgan fingerprint density at radius 3 is 2.81 bits per heavy atom. The van der Waals surface area contributed by atoms with E-state index in [9.17, 15) is 8.42 Å². The third-order valence-corrected chi connectivity index (χ3v) is 6.01. The van der Waals surface area contributed by atoms with E-state index in [1.165, 1.54) is 0 Å². The lowest BCUT2D eigenvalue weighted by Gasteiger charge is -2.31. The van der Waals surface area contributed by atoms with Gasteiger partial charge in [0.1, 0.15) is 5.76 Å². The van der Waals surface area contributed by atoms with Gasteiger partial charge >= 0.3 is 0 Å². The molecule has 1 aliphatic rings. The number of nitrogens with zero attached hydrogens (tertiary/aromatic N) is 1. The van der Waals surface area contributed by atoms with Crippen LogP contribution >= 0.6 is 0 Å². The molecule has 1 saturated heterocycles. The topological polar surface area (TPSA) is 90.7 Å². The van der Waals surface area contributed by atoms with Gasteiger partial charge in [-0.3, -0.25) is 0 Å². The van der Waals surface area contributed by atoms with Crippen LogP contribution in [0.2, 0.25) is 0 Å². The van der Waals surface area contributed by atoms with Gasteiger partial charge in [-0.15, -0.1) is 0 Å². The van der Waals surface area contributed by atoms with E-state index in [0.717, 1.165) is 16.8 Å². The first-order valence-corrected chi connectivity index (χ1v) is 10.1. The highest BCUT2D eigenvalue weighted by molar-refractivity contribution is 7.89. The maximum atomic E-state index is 12.7. The summed E-state index contributed by atoms with van der Waals surface area (Å²) in [6, 6.07) is 6.37. The van der Waals surface area contributed by atoms with Crippen LogP contribution in [0.15, 0.2) is 33.7 Å². The number of nitrogens with one attached hydrogen (secondary N) is 1. The van der Waals surface area contributed by atoms with Gasteiger partial charge in [-0.25, -0.2) is 13.1 Å². The normalized spacial score (nSPS) is 21.0. The molecule has 142 valence electrons. The van der Waals surface area contributed by atoms with Crippen LogP contribution in [-0.2, 0) is 26.1 Å². The van der Waals surface area contributed by atoms with E-state index in [-0.39, 0.29) is 17.6 Å². The zero-order valence-electron chi connectivity index (χ0n) is 15.2. The number of aromatic nitrogens is 1. The number of hydrogen-bond acceptors (Lipinski definition) is 6. The van der Waals surface area contributed by atoms with E-state index in [0.29, 0.717) is 25.4 Å². The largest absolute Gasteiger partial charge is 0.380 e. The maximum Gasteiger partial charge on any atom is 0.240 e. The van der Waals surface area contributed by atoms with Crippen molar-refractivity contribution in [2.75, 3.05) is 13.2 Å². The number of sulfonamides is 1. The number of benzene rings is 1. The number of rotatable bonds is 6. The molecule has 1 aliphatic heterocycles. The highest BCUT2D eigenvalue weighted by Crippen LogP contribution is 2.20. The summed E-state index contributed by atoms with van der Waals surface area (Å²) in [5.74, 6) is 0.714. The van der Waals surface area contributed by atoms with Crippen LogP contribution < -0.4 is 4.72 Å². The molecule has 0 spiro atoms. The smallest absolute Gasteiger partial charge is 0.240 e. The van der Waals surface area contributed by atoms with Crippen LogP contribution in [0.1, 0.15) is 29.0 Å². The second-order valence-electron chi connectivity index (χ2n) is 6.56. The van der Waals surface area contributed by atoms with Gasteiger partial charge in [-0.1, -0.05) is 17.3 Å². The molecule has 26 heavy (non-hydrogen) atoms. The molecule has 2 heterocycles. The molecule has 0 aliphatic carbocycles. The Hall–Kier alpha value is -1.74. The molecule has 3 rings (SSSR count). The van der Waals surface area contributed by atoms with E-state index < -0.39 is 16.1 Å². The molecule has 0 bridgehead atoms. The summed E-state index contributed by atoms with van der Waals surface area (Å²) in [6.45, 7) is 6.69. The van der Waals surface area contributed by atoms with Gasteiger partial charge in [-0.05, 0) is 44.9 Å². The van der Waals surface area contributed by atoms with Crippen molar-refractivity contribution in [3.05, 3.63) is 46.8 Å². The standard InChI is InChI=1S/C18H24N2O5S/c1-12-5-4-6-15(9-12)26(21,22)20-17-11-23-8-7-18(17)24-10-16-13(2)19-25-14(16)3/h4-6,9,17-18,20H,7-8,10-11H2,1-3H3/t17-,18+/m1/s1. The fourth-order valence-electron chi connectivity index (χ4n) is 2.98. The fraction of sp³-hybridized carbons (Fsp3) is 0.500. The zero-order chi connectivity index (χ0) is 18.7. The minimum absolute atomic E-state index is 0.243. The van der Waals surface area contributed by atoms with Crippen molar-refractivity contribution in [3.8, 4) is 0 Å². The molecule has 2 aromatic rings. The van der Waals surface area contributed by atoms with Crippen molar-refractivity contribution in [1.29, 1.82) is 0 Å². The summed E-state index contributed by atoms with van der Waals surface area (Å²) in [5, 5.41) is 3.92. The van der Waals surface area contributed by atoms with Crippen LogP contribution in [0.4, 0.5) is 0 Å². The number of aryl methyl sites for hydroxylation is 3. The Bertz CT molecular complexity index is 843. The van der Waals surface area contributed by atoms with Gasteiger partial charge in [0.15, 0.2) is 0 Å². The monoisotopic (exact) mass is 380 g/mol. The maximum absolute atomic E-state index is 12.7. The highest BCUT2D eigenvalue weighted by Gasteiger charge is 2.31. The van der Waals surface area contributed by atoms with Crippen LogP contribution in [0.25, 0.3) is 0 Å². The summed E-state index contributed by atoms with van der Waals surface area (Å²) >= 11 is 0. The van der Waals surface area contributed by atoms with Gasteiger partial charge in [0, 0.05) is 12.2 Å². The molecule has 8 heteroatoms. The van der Waals surface area contributed by atoms with Gasteiger partial charge in [0.2, 0.25) is 10.0 Å². The van der Waals surface area contributed by atoms with Crippen molar-refractivity contribution >= 4 is 10.0 Å². The van der Waals surface area contributed by atoms with Crippen LogP contribution in [0.3, 0.4) is 0 Å². The quantitative estimate of drug-likeness (QED) is 0.827. The molecule has 1 aromatic heterocycles. The molecule has 0 radical (unpaired) electrons. The lowest BCUT2D eigenvalue weighted by atomic mass is 10.1. The molecule has 0 saturated carbocycles. The van der Waals surface area contributed by atoms with Crippen LogP contribution in [-0.4, -0.2) is 38.9 Å². The second-order valence-corrected chi connectivity index (χ2v) is 8.27. The Morgan fingerprint density at radius 1 is 1.31 bits per heavy atom. The molecule has 2 atom stereocenters. The summed E-state index contributed by atoms with van der Waals surface area (Å²) < 4.78 is 44.7. The minimum atomic E-state index is -3.64. The summed E-state index contributed by atoms with van der Waals surface area (Å²) in [4.78, 5) is 0.243. The van der Waals surface area contributed by atoms with E-state index in [1.807, 2.05) is 26.8 Å². The summed E-state index contributed by atoms with van der Waals surface area (Å²) in [6.07, 6.45) is 0.335. The Morgan fingerprint density at radius 2 is 2.12 bits per heavy atom. The zero-order valence-corrected chi connectivity index (χ0v) is 16.0. The van der Waals surface area contributed by atoms with Gasteiger partial charge in [0.05, 0.1) is 35.9 Å². The van der Waals surface area contributed by atoms with E-state index in [4.69, 9.17) is 14.0 Å². The molecule has 1 fully saturated rings. The average Bonchev–Trinajstić information content (AvgIpc) is 2.92. The molecule has 1 N–H and O–H groups in total. The Labute approximate surface area is 153 Å². The SMILES string of the molecule is Cc1cccc(S(=O)(=O)N[C@@H]2COCC[C@@H]2OCc2c(C)noc2C)c1. The number of hydrogen-bond donors (Lipinski definition) is 1. The second kappa shape index (κ2) is 7.87. The van der Waals surface area contributed by atoms with Gasteiger partial charge in [0.25, 0.3) is 0 Å². The van der Waals surface area contributed by atoms with Crippen molar-refractivity contribution < 1.29 is 22.4 Å². The number of ether oxygens (including phenoxy) is 2. The highest BCUT2D eigenvalue weighted by atomic mass is 32.2. The third kappa shape index (κ3) is 4.32. The van der Waals surface area contributed by atoms with Crippen molar-refractivity contribution in [2.45, 2.75) is 50.8 Å². The third-order valence-electron chi connectivity index (χ3n) is 4.52. The Kier molecular flexibility index (Phi) is 5.76. The van der Waals surface area contributed by atoms with Gasteiger partial charge < -0.3 is 14.0 Å². The predicted molar refractivity (Wildman–Crippen MR) is 95.3 cm³/mol. The summed E-state index contributed by atoms with van der Waals surface area (Å²) in [5.41, 5.74) is 2.57. The van der Waals surface area contributed by atoms with Gasteiger partial charge in [-0.2, -0.15) is 0 Å². The molecular weight excluding hydrogens is 356 g/mol. The molecule has 0 amide bonds. The van der Waals surface area contributed by atoms with E-state index >= 15 is 0 Å². The van der Waals surface area contributed by atoms with E-state index in [2.05, 4.69) is 9.88 Å². The first kappa shape index (κ1) is 19.0. The lowest BCUT2D eigenvalue weighted by molar-refractivity contribution is -0.0575. The first-order chi connectivity index (χ1) is 12.4. The van der Waals surface area contributed by atoms with Crippen LogP contribution in [0.5, 0.6) is 0 Å². The first-order valence-electron chi connectivity index (χ1n) is 8.57. The minimum Gasteiger partial charge on any atom is -0.380 e. The molecule has 1 aromatic carbocycles. The Balaban J connectivity index is 1.70. The van der Waals surface area contributed by atoms with E-state index in [1.54, 1.807) is 18.2 Å².